The molecule has 5 heteroatoms. The molecule has 2 aromatic heterocycles. The van der Waals surface area contributed by atoms with E-state index in [0.717, 1.165) is 30.8 Å². The fraction of sp³-hybridized carbons (Fsp3) is 0.333. The molecule has 0 aliphatic carbocycles. The van der Waals surface area contributed by atoms with Gasteiger partial charge in [-0.1, -0.05) is 68.4 Å². The van der Waals surface area contributed by atoms with Gasteiger partial charge in [0.1, 0.15) is 5.69 Å². The smallest absolute Gasteiger partial charge is 0.113 e. The molecular formula is C24H27N5. The number of aromatic amines is 1. The quantitative estimate of drug-likeness (QED) is 0.548. The maximum absolute atomic E-state index is 4.41. The molecule has 4 aromatic rings. The summed E-state index contributed by atoms with van der Waals surface area (Å²) in [6, 6.07) is 17.6. The van der Waals surface area contributed by atoms with Crippen molar-refractivity contribution in [3.8, 4) is 11.3 Å². The van der Waals surface area contributed by atoms with E-state index in [2.05, 4.69) is 96.1 Å². The Morgan fingerprint density at radius 3 is 2.66 bits per heavy atom. The van der Waals surface area contributed by atoms with Gasteiger partial charge in [0.05, 0.1) is 12.7 Å². The minimum Gasteiger partial charge on any atom is -0.357 e. The number of nitrogens with one attached hydrogen (secondary N) is 2. The summed E-state index contributed by atoms with van der Waals surface area (Å²) < 4.78 is 1.96. The lowest BCUT2D eigenvalue weighted by Crippen LogP contribution is -2.38. The van der Waals surface area contributed by atoms with Crippen LogP contribution in [-0.2, 0) is 24.9 Å². The molecule has 0 bridgehead atoms. The number of fused-ring (bicyclic) bond motifs is 3. The lowest BCUT2D eigenvalue weighted by Gasteiger charge is -2.24. The second-order valence-corrected chi connectivity index (χ2v) is 9.06. The first-order valence-corrected chi connectivity index (χ1v) is 10.3. The number of nitrogens with zero attached hydrogens (tertiary/aromatic N) is 3. The van der Waals surface area contributed by atoms with E-state index in [1.807, 2.05) is 4.68 Å². The van der Waals surface area contributed by atoms with Crippen LogP contribution in [0.5, 0.6) is 0 Å². The van der Waals surface area contributed by atoms with Crippen LogP contribution in [0.1, 0.15) is 37.6 Å². The number of aromatic nitrogens is 4. The molecule has 1 atom stereocenters. The second-order valence-electron chi connectivity index (χ2n) is 9.06. The Balaban J connectivity index is 1.32. The molecule has 5 rings (SSSR count). The average Bonchev–Trinajstić information content (AvgIpc) is 3.32. The Morgan fingerprint density at radius 2 is 1.86 bits per heavy atom. The first kappa shape index (κ1) is 18.1. The summed E-state index contributed by atoms with van der Waals surface area (Å²) in [5, 5.41) is 13.8. The van der Waals surface area contributed by atoms with Crippen molar-refractivity contribution < 1.29 is 0 Å². The second kappa shape index (κ2) is 6.85. The van der Waals surface area contributed by atoms with Gasteiger partial charge in [0, 0.05) is 34.7 Å². The Kier molecular flexibility index (Phi) is 4.28. The fourth-order valence-corrected chi connectivity index (χ4v) is 4.22. The van der Waals surface area contributed by atoms with Gasteiger partial charge in [-0.2, -0.15) is 0 Å². The Morgan fingerprint density at radius 1 is 1.07 bits per heavy atom. The van der Waals surface area contributed by atoms with Crippen LogP contribution in [0.4, 0.5) is 0 Å². The molecule has 148 valence electrons. The molecule has 2 aromatic carbocycles. The number of benzene rings is 2. The summed E-state index contributed by atoms with van der Waals surface area (Å²) >= 11 is 0. The van der Waals surface area contributed by atoms with Gasteiger partial charge in [-0.15, -0.1) is 5.10 Å². The molecule has 5 nitrogen and oxygen atoms in total. The largest absolute Gasteiger partial charge is 0.357 e. The highest BCUT2D eigenvalue weighted by Crippen LogP contribution is 2.27. The van der Waals surface area contributed by atoms with E-state index in [-0.39, 0.29) is 5.41 Å². The number of hydrogen-bond donors (Lipinski definition) is 2. The van der Waals surface area contributed by atoms with Crippen LogP contribution >= 0.6 is 0 Å². The molecule has 1 aliphatic heterocycles. The van der Waals surface area contributed by atoms with Crippen molar-refractivity contribution in [2.45, 2.75) is 51.7 Å². The standard InChI is InChI=1S/C24H27N5/c1-24(2,3)17-10-8-16(9-11-17)23-15-29(28-27-23)14-18-12-20-19-6-4-5-7-21(19)26-22(20)13-25-18/h4-11,15,18,25-26H,12-14H2,1-3H3/t18-/m0/s1. The first-order valence-electron chi connectivity index (χ1n) is 10.3. The predicted octanol–water partition coefficient (Wildman–Crippen LogP) is 4.44. The third-order valence-corrected chi connectivity index (χ3v) is 5.91. The number of hydrogen-bond acceptors (Lipinski definition) is 3. The molecule has 0 unspecified atom stereocenters. The van der Waals surface area contributed by atoms with E-state index in [4.69, 9.17) is 0 Å². The number of H-pyrrole nitrogens is 1. The highest BCUT2D eigenvalue weighted by atomic mass is 15.4. The molecule has 1 aliphatic rings. The van der Waals surface area contributed by atoms with Crippen LogP contribution in [0.2, 0.25) is 0 Å². The van der Waals surface area contributed by atoms with Crippen molar-refractivity contribution in [3.63, 3.8) is 0 Å². The van der Waals surface area contributed by atoms with Crippen LogP contribution in [0.15, 0.2) is 54.7 Å². The van der Waals surface area contributed by atoms with Crippen molar-refractivity contribution in [1.82, 2.24) is 25.3 Å². The first-order chi connectivity index (χ1) is 14.0. The minimum atomic E-state index is 0.157. The monoisotopic (exact) mass is 385 g/mol. The van der Waals surface area contributed by atoms with E-state index in [0.29, 0.717) is 6.04 Å². The van der Waals surface area contributed by atoms with Crippen LogP contribution in [-0.4, -0.2) is 26.0 Å². The van der Waals surface area contributed by atoms with E-state index in [9.17, 15) is 0 Å². The lowest BCUT2D eigenvalue weighted by atomic mass is 9.86. The summed E-state index contributed by atoms with van der Waals surface area (Å²) in [7, 11) is 0. The van der Waals surface area contributed by atoms with Crippen LogP contribution < -0.4 is 5.32 Å². The molecular weight excluding hydrogens is 358 g/mol. The van der Waals surface area contributed by atoms with Gasteiger partial charge in [0.25, 0.3) is 0 Å². The van der Waals surface area contributed by atoms with Gasteiger partial charge >= 0.3 is 0 Å². The molecule has 0 saturated heterocycles. The summed E-state index contributed by atoms with van der Waals surface area (Å²) in [4.78, 5) is 3.54. The van der Waals surface area contributed by atoms with E-state index in [1.54, 1.807) is 0 Å². The molecule has 0 fully saturated rings. The van der Waals surface area contributed by atoms with Crippen molar-refractivity contribution in [2.24, 2.45) is 0 Å². The Bertz CT molecular complexity index is 1140. The van der Waals surface area contributed by atoms with Crippen molar-refractivity contribution in [1.29, 1.82) is 0 Å². The summed E-state index contributed by atoms with van der Waals surface area (Å²) in [6.07, 6.45) is 3.05. The number of para-hydroxylation sites is 1. The van der Waals surface area contributed by atoms with Gasteiger partial charge in [0.2, 0.25) is 0 Å². The van der Waals surface area contributed by atoms with Crippen LogP contribution in [0.3, 0.4) is 0 Å². The SMILES string of the molecule is CC(C)(C)c1ccc(-c2cn(C[C@@H]3Cc4c([nH]c5ccccc45)CN3)nn2)cc1. The number of rotatable bonds is 3. The zero-order valence-corrected chi connectivity index (χ0v) is 17.2. The van der Waals surface area contributed by atoms with Gasteiger partial charge in [-0.05, 0) is 29.0 Å². The van der Waals surface area contributed by atoms with Gasteiger partial charge in [-0.3, -0.25) is 4.68 Å². The Labute approximate surface area is 171 Å². The molecule has 0 spiro atoms. The van der Waals surface area contributed by atoms with E-state index >= 15 is 0 Å². The van der Waals surface area contributed by atoms with Crippen molar-refractivity contribution >= 4 is 10.9 Å². The summed E-state index contributed by atoms with van der Waals surface area (Å²) in [5.74, 6) is 0. The van der Waals surface area contributed by atoms with E-state index in [1.165, 1.54) is 27.7 Å². The van der Waals surface area contributed by atoms with Crippen molar-refractivity contribution in [2.75, 3.05) is 0 Å². The molecule has 0 saturated carbocycles. The maximum Gasteiger partial charge on any atom is 0.113 e. The zero-order valence-electron chi connectivity index (χ0n) is 17.2. The topological polar surface area (TPSA) is 58.5 Å². The predicted molar refractivity (Wildman–Crippen MR) is 117 cm³/mol. The molecule has 29 heavy (non-hydrogen) atoms. The zero-order chi connectivity index (χ0) is 20.0. The van der Waals surface area contributed by atoms with E-state index < -0.39 is 0 Å². The van der Waals surface area contributed by atoms with Gasteiger partial charge < -0.3 is 10.3 Å². The normalized spacial score (nSPS) is 16.9. The summed E-state index contributed by atoms with van der Waals surface area (Å²) in [6.45, 7) is 8.37. The fourth-order valence-electron chi connectivity index (χ4n) is 4.22. The highest BCUT2D eigenvalue weighted by Gasteiger charge is 2.22. The molecule has 0 amide bonds. The molecule has 2 N–H and O–H groups in total. The average molecular weight is 386 g/mol. The van der Waals surface area contributed by atoms with Crippen molar-refractivity contribution in [3.05, 3.63) is 71.5 Å². The van der Waals surface area contributed by atoms with Crippen LogP contribution in [0.25, 0.3) is 22.2 Å². The third kappa shape index (κ3) is 3.47. The lowest BCUT2D eigenvalue weighted by molar-refractivity contribution is 0.398. The Hall–Kier alpha value is -2.92. The molecule has 3 heterocycles. The summed E-state index contributed by atoms with van der Waals surface area (Å²) in [5.41, 5.74) is 7.48. The van der Waals surface area contributed by atoms with Crippen LogP contribution in [0, 0.1) is 0 Å². The molecule has 0 radical (unpaired) electrons. The highest BCUT2D eigenvalue weighted by molar-refractivity contribution is 5.84. The minimum absolute atomic E-state index is 0.157. The van der Waals surface area contributed by atoms with Gasteiger partial charge in [-0.25, -0.2) is 0 Å². The third-order valence-electron chi connectivity index (χ3n) is 5.91. The van der Waals surface area contributed by atoms with Gasteiger partial charge in [0.15, 0.2) is 0 Å². The maximum atomic E-state index is 4.41.